The molecule has 166 valence electrons. The third-order valence-electron chi connectivity index (χ3n) is 5.60. The summed E-state index contributed by atoms with van der Waals surface area (Å²) in [6.45, 7) is 3.89. The molecule has 4 rings (SSSR count). The number of carbonyl (C=O) groups is 2. The van der Waals surface area contributed by atoms with Gasteiger partial charge in [-0.05, 0) is 50.0 Å². The lowest BCUT2D eigenvalue weighted by Gasteiger charge is -2.30. The van der Waals surface area contributed by atoms with Gasteiger partial charge < -0.3 is 10.2 Å². The number of amides is 2. The highest BCUT2D eigenvalue weighted by Gasteiger charge is 2.26. The number of nitrogens with one attached hydrogen (secondary N) is 1. The first-order valence-corrected chi connectivity index (χ1v) is 12.6. The Kier molecular flexibility index (Phi) is 7.50. The summed E-state index contributed by atoms with van der Waals surface area (Å²) in [5.41, 5.74) is 2.04. The van der Waals surface area contributed by atoms with Crippen LogP contribution in [-0.2, 0) is 16.0 Å². The van der Waals surface area contributed by atoms with Crippen LogP contribution < -0.4 is 5.32 Å². The van der Waals surface area contributed by atoms with E-state index >= 15 is 0 Å². The van der Waals surface area contributed by atoms with E-state index in [9.17, 15) is 9.59 Å². The summed E-state index contributed by atoms with van der Waals surface area (Å²) in [6, 6.07) is 14.0. The molecule has 3 aromatic rings. The Morgan fingerprint density at radius 2 is 1.94 bits per heavy atom. The smallest absolute Gasteiger partial charge is 0.246 e. The summed E-state index contributed by atoms with van der Waals surface area (Å²) in [4.78, 5) is 33.8. The summed E-state index contributed by atoms with van der Waals surface area (Å²) in [5.74, 6) is 0.0920. The minimum absolute atomic E-state index is 0.0107. The Labute approximate surface area is 196 Å². The number of piperidine rings is 1. The van der Waals surface area contributed by atoms with Crippen molar-refractivity contribution in [3.8, 4) is 10.6 Å². The number of rotatable bonds is 7. The first kappa shape index (κ1) is 22.4. The highest BCUT2D eigenvalue weighted by molar-refractivity contribution is 7.16. The van der Waals surface area contributed by atoms with Crippen molar-refractivity contribution in [2.45, 2.75) is 26.2 Å². The fourth-order valence-electron chi connectivity index (χ4n) is 3.78. The lowest BCUT2D eigenvalue weighted by Crippen LogP contribution is -2.42. The van der Waals surface area contributed by atoms with E-state index in [0.717, 1.165) is 22.7 Å². The summed E-state index contributed by atoms with van der Waals surface area (Å²) in [6.07, 6.45) is 5.71. The molecule has 0 atom stereocenters. The van der Waals surface area contributed by atoms with E-state index in [1.807, 2.05) is 48.2 Å². The molecule has 0 spiro atoms. The lowest BCUT2D eigenvalue weighted by molar-refractivity contribution is -0.132. The van der Waals surface area contributed by atoms with E-state index in [2.05, 4.69) is 27.8 Å². The van der Waals surface area contributed by atoms with Crippen molar-refractivity contribution in [3.05, 3.63) is 69.4 Å². The zero-order chi connectivity index (χ0) is 22.3. The van der Waals surface area contributed by atoms with Gasteiger partial charge in [-0.2, -0.15) is 0 Å². The standard InChI is InChI=1S/C25H27N3O2S2/c1-18-27-22(17-31-18)23-9-8-21(32-23)11-14-26-25(30)20-12-15-28(16-13-20)24(29)10-7-19-5-3-2-4-6-19/h2-10,17,20H,11-16H2,1H3,(H,26,30)/b10-7+. The minimum atomic E-state index is -0.0194. The molecule has 1 aromatic carbocycles. The van der Waals surface area contributed by atoms with E-state index in [1.165, 1.54) is 9.75 Å². The molecule has 7 heteroatoms. The second-order valence-corrected chi connectivity index (χ2v) is 10.1. The second-order valence-electron chi connectivity index (χ2n) is 7.90. The minimum Gasteiger partial charge on any atom is -0.355 e. The Balaban J connectivity index is 1.18. The quantitative estimate of drug-likeness (QED) is 0.510. The first-order valence-electron chi connectivity index (χ1n) is 10.9. The van der Waals surface area contributed by atoms with Gasteiger partial charge >= 0.3 is 0 Å². The first-order chi connectivity index (χ1) is 15.6. The van der Waals surface area contributed by atoms with Crippen LogP contribution >= 0.6 is 22.7 Å². The third-order valence-corrected chi connectivity index (χ3v) is 7.54. The summed E-state index contributed by atoms with van der Waals surface area (Å²) >= 11 is 3.40. The molecule has 0 unspecified atom stereocenters. The molecule has 1 N–H and O–H groups in total. The Hall–Kier alpha value is -2.77. The van der Waals surface area contributed by atoms with Gasteiger partial charge in [0, 0.05) is 41.9 Å². The maximum atomic E-state index is 12.6. The molecule has 0 saturated carbocycles. The van der Waals surface area contributed by atoms with E-state index < -0.39 is 0 Å². The van der Waals surface area contributed by atoms with Gasteiger partial charge in [0.2, 0.25) is 11.8 Å². The summed E-state index contributed by atoms with van der Waals surface area (Å²) in [5, 5.41) is 6.24. The van der Waals surface area contributed by atoms with E-state index in [0.29, 0.717) is 32.5 Å². The van der Waals surface area contributed by atoms with Crippen molar-refractivity contribution in [2.75, 3.05) is 19.6 Å². The van der Waals surface area contributed by atoms with Crippen molar-refractivity contribution >= 4 is 40.6 Å². The zero-order valence-corrected chi connectivity index (χ0v) is 19.8. The maximum absolute atomic E-state index is 12.6. The molecule has 2 amide bonds. The van der Waals surface area contributed by atoms with Gasteiger partial charge in [-0.1, -0.05) is 30.3 Å². The van der Waals surface area contributed by atoms with Gasteiger partial charge in [-0.15, -0.1) is 22.7 Å². The van der Waals surface area contributed by atoms with Crippen LogP contribution in [0.5, 0.6) is 0 Å². The average molecular weight is 466 g/mol. The molecule has 1 aliphatic rings. The van der Waals surface area contributed by atoms with Gasteiger partial charge in [0.05, 0.1) is 15.6 Å². The average Bonchev–Trinajstić information content (AvgIpc) is 3.47. The van der Waals surface area contributed by atoms with Crippen LogP contribution in [0.15, 0.2) is 53.9 Å². The van der Waals surface area contributed by atoms with Crippen LogP contribution in [0, 0.1) is 12.8 Å². The fourth-order valence-corrected chi connectivity index (χ4v) is 5.43. The molecule has 1 saturated heterocycles. The van der Waals surface area contributed by atoms with Gasteiger partial charge in [0.1, 0.15) is 0 Å². The van der Waals surface area contributed by atoms with Crippen LogP contribution in [0.2, 0.25) is 0 Å². The van der Waals surface area contributed by atoms with Gasteiger partial charge in [-0.3, -0.25) is 9.59 Å². The number of thiophene rings is 1. The molecule has 1 fully saturated rings. The molecule has 1 aliphatic heterocycles. The summed E-state index contributed by atoms with van der Waals surface area (Å²) in [7, 11) is 0. The maximum Gasteiger partial charge on any atom is 0.246 e. The predicted octanol–water partition coefficient (Wildman–Crippen LogP) is 4.79. The van der Waals surface area contributed by atoms with Crippen molar-refractivity contribution in [1.82, 2.24) is 15.2 Å². The zero-order valence-electron chi connectivity index (χ0n) is 18.1. The predicted molar refractivity (Wildman–Crippen MR) is 132 cm³/mol. The topological polar surface area (TPSA) is 62.3 Å². The number of benzene rings is 1. The number of aromatic nitrogens is 1. The molecule has 32 heavy (non-hydrogen) atoms. The van der Waals surface area contributed by atoms with Crippen LogP contribution in [-0.4, -0.2) is 41.3 Å². The molecule has 2 aromatic heterocycles. The van der Waals surface area contributed by atoms with E-state index in [1.54, 1.807) is 28.7 Å². The SMILES string of the molecule is Cc1nc(-c2ccc(CCNC(=O)C3CCN(C(=O)/C=C/c4ccccc4)CC3)s2)cs1. The Morgan fingerprint density at radius 3 is 2.66 bits per heavy atom. The molecule has 0 bridgehead atoms. The van der Waals surface area contributed by atoms with Crippen LogP contribution in [0.25, 0.3) is 16.6 Å². The highest BCUT2D eigenvalue weighted by atomic mass is 32.1. The number of nitrogens with zero attached hydrogens (tertiary/aromatic N) is 2. The number of thiazole rings is 1. The van der Waals surface area contributed by atoms with Crippen molar-refractivity contribution in [2.24, 2.45) is 5.92 Å². The molecule has 3 heterocycles. The molecule has 5 nitrogen and oxygen atoms in total. The highest BCUT2D eigenvalue weighted by Crippen LogP contribution is 2.29. The van der Waals surface area contributed by atoms with Crippen LogP contribution in [0.1, 0.15) is 28.3 Å². The molecular weight excluding hydrogens is 438 g/mol. The number of likely N-dealkylation sites (tertiary alicyclic amines) is 1. The van der Waals surface area contributed by atoms with Gasteiger partial charge in [0.15, 0.2) is 0 Å². The van der Waals surface area contributed by atoms with E-state index in [-0.39, 0.29) is 17.7 Å². The van der Waals surface area contributed by atoms with E-state index in [4.69, 9.17) is 0 Å². The molecular formula is C25H27N3O2S2. The van der Waals surface area contributed by atoms with Gasteiger partial charge in [0.25, 0.3) is 0 Å². The monoisotopic (exact) mass is 465 g/mol. The fraction of sp³-hybridized carbons (Fsp3) is 0.320. The summed E-state index contributed by atoms with van der Waals surface area (Å²) < 4.78 is 0. The number of hydrogen-bond acceptors (Lipinski definition) is 5. The van der Waals surface area contributed by atoms with Crippen molar-refractivity contribution < 1.29 is 9.59 Å². The Bertz CT molecular complexity index is 1080. The van der Waals surface area contributed by atoms with Crippen molar-refractivity contribution in [1.29, 1.82) is 0 Å². The van der Waals surface area contributed by atoms with Crippen LogP contribution in [0.3, 0.4) is 0 Å². The van der Waals surface area contributed by atoms with Crippen LogP contribution in [0.4, 0.5) is 0 Å². The number of carbonyl (C=O) groups excluding carboxylic acids is 2. The number of aryl methyl sites for hydroxylation is 1. The number of hydrogen-bond donors (Lipinski definition) is 1. The third kappa shape index (κ3) is 5.93. The lowest BCUT2D eigenvalue weighted by atomic mass is 9.95. The Morgan fingerprint density at radius 1 is 1.16 bits per heavy atom. The largest absolute Gasteiger partial charge is 0.355 e. The second kappa shape index (κ2) is 10.7. The molecule has 0 radical (unpaired) electrons. The van der Waals surface area contributed by atoms with Crippen molar-refractivity contribution in [3.63, 3.8) is 0 Å². The van der Waals surface area contributed by atoms with Gasteiger partial charge in [-0.25, -0.2) is 4.98 Å². The molecule has 0 aliphatic carbocycles. The normalized spacial score (nSPS) is 14.7.